The highest BCUT2D eigenvalue weighted by atomic mass is 16.6. The quantitative estimate of drug-likeness (QED) is 0.688. The monoisotopic (exact) mass is 307 g/mol. The molecule has 0 saturated heterocycles. The van der Waals surface area contributed by atoms with E-state index in [0.29, 0.717) is 19.5 Å². The predicted molar refractivity (Wildman–Crippen MR) is 85.4 cm³/mol. The number of ether oxygens (including phenoxy) is 1. The van der Waals surface area contributed by atoms with Gasteiger partial charge >= 0.3 is 6.09 Å². The molecule has 0 heterocycles. The minimum Gasteiger partial charge on any atom is -0.444 e. The fraction of sp³-hybridized carbons (Fsp3) is 0.500. The highest BCUT2D eigenvalue weighted by Crippen LogP contribution is 2.06. The van der Waals surface area contributed by atoms with Gasteiger partial charge in [-0.25, -0.2) is 4.79 Å². The molecule has 1 atom stereocenters. The number of carbonyl (C=O) groups excluding carboxylic acids is 2. The molecule has 1 aromatic rings. The third-order valence-electron chi connectivity index (χ3n) is 2.73. The lowest BCUT2D eigenvalue weighted by Gasteiger charge is -2.19. The minimum atomic E-state index is -0.607. The van der Waals surface area contributed by atoms with E-state index < -0.39 is 17.7 Å². The highest BCUT2D eigenvalue weighted by molar-refractivity contribution is 5.81. The first kappa shape index (κ1) is 18.0. The van der Waals surface area contributed by atoms with E-state index >= 15 is 0 Å². The Morgan fingerprint density at radius 2 is 1.73 bits per heavy atom. The van der Waals surface area contributed by atoms with Crippen molar-refractivity contribution >= 4 is 12.0 Å². The molecule has 0 spiro atoms. The molecule has 22 heavy (non-hydrogen) atoms. The number of hydrogen-bond donors (Lipinski definition) is 3. The minimum absolute atomic E-state index is 0.241. The maximum Gasteiger partial charge on any atom is 0.407 e. The van der Waals surface area contributed by atoms with Crippen LogP contribution >= 0.6 is 0 Å². The fourth-order valence-corrected chi connectivity index (χ4v) is 1.76. The Balaban J connectivity index is 2.21. The van der Waals surface area contributed by atoms with Crippen LogP contribution in [0.4, 0.5) is 4.79 Å². The van der Waals surface area contributed by atoms with E-state index in [4.69, 9.17) is 10.5 Å². The number of carbonyl (C=O) groups is 2. The summed E-state index contributed by atoms with van der Waals surface area (Å²) < 4.78 is 5.08. The second kappa shape index (κ2) is 8.38. The molecule has 6 nitrogen and oxygen atoms in total. The molecule has 0 saturated carbocycles. The van der Waals surface area contributed by atoms with Gasteiger partial charge in [0.25, 0.3) is 0 Å². The third kappa shape index (κ3) is 7.64. The molecule has 0 unspecified atom stereocenters. The third-order valence-corrected chi connectivity index (χ3v) is 2.73. The van der Waals surface area contributed by atoms with Gasteiger partial charge in [0.05, 0.1) is 6.04 Å². The molecule has 4 N–H and O–H groups in total. The smallest absolute Gasteiger partial charge is 0.407 e. The Morgan fingerprint density at radius 3 is 2.32 bits per heavy atom. The highest BCUT2D eigenvalue weighted by Gasteiger charge is 2.16. The Morgan fingerprint density at radius 1 is 1.14 bits per heavy atom. The molecule has 0 aliphatic rings. The van der Waals surface area contributed by atoms with E-state index in [2.05, 4.69) is 10.6 Å². The fourth-order valence-electron chi connectivity index (χ4n) is 1.76. The van der Waals surface area contributed by atoms with Crippen LogP contribution in [0.5, 0.6) is 0 Å². The first-order chi connectivity index (χ1) is 10.3. The predicted octanol–water partition coefficient (Wildman–Crippen LogP) is 1.20. The normalized spacial score (nSPS) is 12.4. The number of nitrogens with two attached hydrogens (primary N) is 1. The maximum atomic E-state index is 11.8. The number of benzene rings is 1. The van der Waals surface area contributed by atoms with Gasteiger partial charge in [0.15, 0.2) is 0 Å². The Bertz CT molecular complexity index is 483. The molecular weight excluding hydrogens is 282 g/mol. The van der Waals surface area contributed by atoms with Crippen molar-refractivity contribution in [2.45, 2.75) is 38.8 Å². The van der Waals surface area contributed by atoms with Crippen molar-refractivity contribution < 1.29 is 14.3 Å². The lowest BCUT2D eigenvalue weighted by molar-refractivity contribution is -0.122. The van der Waals surface area contributed by atoms with Crippen LogP contribution < -0.4 is 16.4 Å². The summed E-state index contributed by atoms with van der Waals surface area (Å²) in [5, 5.41) is 5.25. The van der Waals surface area contributed by atoms with Gasteiger partial charge in [-0.2, -0.15) is 0 Å². The van der Waals surface area contributed by atoms with Gasteiger partial charge in [-0.3, -0.25) is 4.79 Å². The maximum absolute atomic E-state index is 11.8. The van der Waals surface area contributed by atoms with Gasteiger partial charge in [0.1, 0.15) is 5.60 Å². The molecule has 1 rings (SSSR count). The van der Waals surface area contributed by atoms with Crippen molar-refractivity contribution in [2.24, 2.45) is 5.73 Å². The topological polar surface area (TPSA) is 93.5 Å². The first-order valence-electron chi connectivity index (χ1n) is 7.32. The number of rotatable bonds is 6. The summed E-state index contributed by atoms with van der Waals surface area (Å²) in [6.07, 6.45) is -0.0260. The van der Waals surface area contributed by atoms with Crippen LogP contribution in [0.2, 0.25) is 0 Å². The second-order valence-electron chi connectivity index (χ2n) is 6.02. The van der Waals surface area contributed by atoms with Crippen molar-refractivity contribution in [1.82, 2.24) is 10.6 Å². The van der Waals surface area contributed by atoms with Gasteiger partial charge in [0, 0.05) is 13.1 Å². The lowest BCUT2D eigenvalue weighted by atomic mass is 10.1. The average Bonchev–Trinajstić information content (AvgIpc) is 2.42. The standard InChI is InChI=1S/C16H25N3O3/c1-16(2,3)22-15(21)19-10-9-18-14(20)13(17)11-12-7-5-4-6-8-12/h4-8,13H,9-11,17H2,1-3H3,(H,18,20)(H,19,21)/t13-/m0/s1. The van der Waals surface area contributed by atoms with E-state index in [9.17, 15) is 9.59 Å². The Kier molecular flexibility index (Phi) is 6.85. The van der Waals surface area contributed by atoms with Crippen LogP contribution in [-0.2, 0) is 16.0 Å². The summed E-state index contributed by atoms with van der Waals surface area (Å²) in [5.74, 6) is -0.241. The van der Waals surface area contributed by atoms with E-state index in [-0.39, 0.29) is 5.91 Å². The van der Waals surface area contributed by atoms with E-state index in [1.54, 1.807) is 20.8 Å². The molecule has 6 heteroatoms. The molecule has 0 fully saturated rings. The molecule has 0 aliphatic heterocycles. The van der Waals surface area contributed by atoms with Crippen molar-refractivity contribution in [3.8, 4) is 0 Å². The number of nitrogens with one attached hydrogen (secondary N) is 2. The van der Waals surface area contributed by atoms with Crippen LogP contribution in [0.1, 0.15) is 26.3 Å². The second-order valence-corrected chi connectivity index (χ2v) is 6.02. The Labute approximate surface area is 131 Å². The van der Waals surface area contributed by atoms with Crippen molar-refractivity contribution in [3.63, 3.8) is 0 Å². The lowest BCUT2D eigenvalue weighted by Crippen LogP contribution is -2.45. The first-order valence-corrected chi connectivity index (χ1v) is 7.32. The zero-order valence-corrected chi connectivity index (χ0v) is 13.4. The molecular formula is C16H25N3O3. The summed E-state index contributed by atoms with van der Waals surface area (Å²) in [4.78, 5) is 23.2. The van der Waals surface area contributed by atoms with Crippen LogP contribution in [0.15, 0.2) is 30.3 Å². The van der Waals surface area contributed by atoms with Gasteiger partial charge < -0.3 is 21.1 Å². The molecule has 0 aliphatic carbocycles. The van der Waals surface area contributed by atoms with E-state index in [0.717, 1.165) is 5.56 Å². The van der Waals surface area contributed by atoms with Crippen molar-refractivity contribution in [2.75, 3.05) is 13.1 Å². The molecule has 0 bridgehead atoms. The average molecular weight is 307 g/mol. The van der Waals surface area contributed by atoms with Gasteiger partial charge in [-0.1, -0.05) is 30.3 Å². The number of hydrogen-bond acceptors (Lipinski definition) is 4. The summed E-state index contributed by atoms with van der Waals surface area (Å²) in [5.41, 5.74) is 6.33. The van der Waals surface area contributed by atoms with Crippen LogP contribution in [0, 0.1) is 0 Å². The van der Waals surface area contributed by atoms with Crippen molar-refractivity contribution in [1.29, 1.82) is 0 Å². The van der Waals surface area contributed by atoms with Crippen LogP contribution in [0.25, 0.3) is 0 Å². The molecule has 0 radical (unpaired) electrons. The van der Waals surface area contributed by atoms with Crippen LogP contribution in [-0.4, -0.2) is 36.7 Å². The number of alkyl carbamates (subject to hydrolysis) is 1. The molecule has 2 amide bonds. The van der Waals surface area contributed by atoms with E-state index in [1.807, 2.05) is 30.3 Å². The largest absolute Gasteiger partial charge is 0.444 e. The van der Waals surface area contributed by atoms with E-state index in [1.165, 1.54) is 0 Å². The Hall–Kier alpha value is -2.08. The van der Waals surface area contributed by atoms with Crippen LogP contribution in [0.3, 0.4) is 0 Å². The summed E-state index contributed by atoms with van der Waals surface area (Å²) in [6, 6.07) is 8.98. The van der Waals surface area contributed by atoms with Gasteiger partial charge in [-0.15, -0.1) is 0 Å². The molecule has 0 aromatic heterocycles. The number of amides is 2. The molecule has 122 valence electrons. The van der Waals surface area contributed by atoms with Gasteiger partial charge in [-0.05, 0) is 32.8 Å². The SMILES string of the molecule is CC(C)(C)OC(=O)NCCNC(=O)[C@@H](N)Cc1ccccc1. The van der Waals surface area contributed by atoms with Gasteiger partial charge in [0.2, 0.25) is 5.91 Å². The zero-order valence-electron chi connectivity index (χ0n) is 13.4. The summed E-state index contributed by atoms with van der Waals surface area (Å²) >= 11 is 0. The molecule has 1 aromatic carbocycles. The summed E-state index contributed by atoms with van der Waals surface area (Å²) in [7, 11) is 0. The van der Waals surface area contributed by atoms with Crippen molar-refractivity contribution in [3.05, 3.63) is 35.9 Å². The zero-order chi connectivity index (χ0) is 16.6. The summed E-state index contributed by atoms with van der Waals surface area (Å²) in [6.45, 7) is 5.96.